The van der Waals surface area contributed by atoms with Gasteiger partial charge in [-0.2, -0.15) is 13.2 Å². The zero-order valence-electron chi connectivity index (χ0n) is 14.7. The van der Waals surface area contributed by atoms with E-state index in [2.05, 4.69) is 0 Å². The number of carboxylic acids is 1. The fourth-order valence-corrected chi connectivity index (χ4v) is 4.02. The molecule has 3 nitrogen and oxygen atoms in total. The number of benzene rings is 2. The Labute approximate surface area is 170 Å². The Bertz CT molecular complexity index is 865. The second-order valence-corrected chi connectivity index (χ2v) is 7.68. The van der Waals surface area contributed by atoms with Crippen LogP contribution in [0.2, 0.25) is 10.0 Å². The normalized spacial score (nSPS) is 17.5. The van der Waals surface area contributed by atoms with Crippen molar-refractivity contribution in [2.75, 3.05) is 13.1 Å². The van der Waals surface area contributed by atoms with Crippen LogP contribution in [0.15, 0.2) is 42.5 Å². The molecule has 2 aromatic rings. The molecule has 1 saturated heterocycles. The molecule has 0 spiro atoms. The Morgan fingerprint density at radius 3 is 2.36 bits per heavy atom. The maximum absolute atomic E-state index is 13.3. The standard InChI is InChI=1S/C20H18Cl2F3NO2/c21-15-3-1-2-13(10-15)18(26-8-6-12(7-9-26)19(27)28)16-11-14(20(23,24)25)4-5-17(16)22/h1-5,10-12,18H,6-9H2,(H,27,28). The predicted molar refractivity (Wildman–Crippen MR) is 102 cm³/mol. The van der Waals surface area contributed by atoms with Crippen LogP contribution < -0.4 is 0 Å². The van der Waals surface area contributed by atoms with E-state index in [4.69, 9.17) is 23.2 Å². The van der Waals surface area contributed by atoms with Gasteiger partial charge in [-0.3, -0.25) is 9.69 Å². The fourth-order valence-electron chi connectivity index (χ4n) is 3.60. The molecule has 0 aromatic heterocycles. The van der Waals surface area contributed by atoms with Crippen LogP contribution in [0.25, 0.3) is 0 Å². The molecule has 1 aliphatic heterocycles. The van der Waals surface area contributed by atoms with Crippen molar-refractivity contribution in [3.05, 3.63) is 69.2 Å². The zero-order chi connectivity index (χ0) is 20.5. The van der Waals surface area contributed by atoms with Gasteiger partial charge in [-0.15, -0.1) is 0 Å². The first kappa shape index (κ1) is 21.0. The topological polar surface area (TPSA) is 40.5 Å². The summed E-state index contributed by atoms with van der Waals surface area (Å²) in [6, 6.07) is 9.63. The molecule has 3 rings (SSSR count). The van der Waals surface area contributed by atoms with Gasteiger partial charge < -0.3 is 5.11 Å². The molecule has 2 aromatic carbocycles. The lowest BCUT2D eigenvalue weighted by Gasteiger charge is -2.37. The number of halogens is 5. The molecule has 1 heterocycles. The van der Waals surface area contributed by atoms with Crippen molar-refractivity contribution in [3.8, 4) is 0 Å². The first-order chi connectivity index (χ1) is 13.2. The lowest BCUT2D eigenvalue weighted by molar-refractivity contribution is -0.143. The first-order valence-electron chi connectivity index (χ1n) is 8.76. The van der Waals surface area contributed by atoms with Crippen LogP contribution in [0.3, 0.4) is 0 Å². The average molecular weight is 432 g/mol. The van der Waals surface area contributed by atoms with Crippen molar-refractivity contribution in [1.82, 2.24) is 4.90 Å². The van der Waals surface area contributed by atoms with E-state index in [9.17, 15) is 23.1 Å². The Morgan fingerprint density at radius 1 is 1.11 bits per heavy atom. The minimum atomic E-state index is -4.49. The second kappa shape index (κ2) is 8.31. The van der Waals surface area contributed by atoms with Crippen molar-refractivity contribution in [3.63, 3.8) is 0 Å². The summed E-state index contributed by atoms with van der Waals surface area (Å²) in [5.41, 5.74) is 0.259. The fraction of sp³-hybridized carbons (Fsp3) is 0.350. The van der Waals surface area contributed by atoms with E-state index in [-0.39, 0.29) is 5.02 Å². The summed E-state index contributed by atoms with van der Waals surface area (Å²) in [4.78, 5) is 13.2. The van der Waals surface area contributed by atoms with Gasteiger partial charge in [0.05, 0.1) is 17.5 Å². The molecule has 1 aliphatic rings. The highest BCUT2D eigenvalue weighted by atomic mass is 35.5. The van der Waals surface area contributed by atoms with Gasteiger partial charge in [0.2, 0.25) is 0 Å². The Kier molecular flexibility index (Phi) is 6.22. The molecule has 0 amide bonds. The van der Waals surface area contributed by atoms with Crippen molar-refractivity contribution >= 4 is 29.2 Å². The van der Waals surface area contributed by atoms with Gasteiger partial charge in [0, 0.05) is 10.0 Å². The number of hydrogen-bond acceptors (Lipinski definition) is 2. The van der Waals surface area contributed by atoms with Gasteiger partial charge in [-0.05, 0) is 67.4 Å². The molecule has 150 valence electrons. The third-order valence-corrected chi connectivity index (χ3v) is 5.61. The van der Waals surface area contributed by atoms with Gasteiger partial charge in [-0.25, -0.2) is 0 Å². The predicted octanol–water partition coefficient (Wildman–Crippen LogP) is 5.90. The third kappa shape index (κ3) is 4.62. The number of likely N-dealkylation sites (tertiary alicyclic amines) is 1. The quantitative estimate of drug-likeness (QED) is 0.654. The summed E-state index contributed by atoms with van der Waals surface area (Å²) in [6.07, 6.45) is -3.65. The molecular weight excluding hydrogens is 414 g/mol. The second-order valence-electron chi connectivity index (χ2n) is 6.84. The Hall–Kier alpha value is -1.76. The maximum Gasteiger partial charge on any atom is 0.416 e. The summed E-state index contributed by atoms with van der Waals surface area (Å²) in [6.45, 7) is 0.863. The zero-order valence-corrected chi connectivity index (χ0v) is 16.2. The highest BCUT2D eigenvalue weighted by molar-refractivity contribution is 6.31. The van der Waals surface area contributed by atoms with Gasteiger partial charge in [0.15, 0.2) is 0 Å². The molecule has 1 N–H and O–H groups in total. The van der Waals surface area contributed by atoms with E-state index in [0.717, 1.165) is 12.1 Å². The lowest BCUT2D eigenvalue weighted by atomic mass is 9.90. The van der Waals surface area contributed by atoms with Gasteiger partial charge in [0.1, 0.15) is 0 Å². The number of alkyl halides is 3. The third-order valence-electron chi connectivity index (χ3n) is 5.03. The maximum atomic E-state index is 13.3. The van der Waals surface area contributed by atoms with Gasteiger partial charge >= 0.3 is 12.1 Å². The number of nitrogens with zero attached hydrogens (tertiary/aromatic N) is 1. The van der Waals surface area contributed by atoms with E-state index >= 15 is 0 Å². The number of carbonyl (C=O) groups is 1. The summed E-state index contributed by atoms with van der Waals surface area (Å²) >= 11 is 12.4. The lowest BCUT2D eigenvalue weighted by Crippen LogP contribution is -2.39. The van der Waals surface area contributed by atoms with Crippen LogP contribution in [0, 0.1) is 5.92 Å². The van der Waals surface area contributed by atoms with Gasteiger partial charge in [0.25, 0.3) is 0 Å². The minimum absolute atomic E-state index is 0.221. The molecule has 0 bridgehead atoms. The molecule has 1 fully saturated rings. The SMILES string of the molecule is O=C(O)C1CCN(C(c2cccc(Cl)c2)c2cc(C(F)(F)F)ccc2Cl)CC1. The first-order valence-corrected chi connectivity index (χ1v) is 9.51. The van der Waals surface area contributed by atoms with Gasteiger partial charge in [-0.1, -0.05) is 35.3 Å². The summed E-state index contributed by atoms with van der Waals surface area (Å²) in [5, 5.41) is 9.91. The van der Waals surface area contributed by atoms with E-state index in [1.165, 1.54) is 6.07 Å². The number of aliphatic carboxylic acids is 1. The largest absolute Gasteiger partial charge is 0.481 e. The van der Waals surface area contributed by atoms with Crippen LogP contribution >= 0.6 is 23.2 Å². The van der Waals surface area contributed by atoms with E-state index in [1.807, 2.05) is 4.90 Å². The molecule has 0 saturated carbocycles. The number of piperidine rings is 1. The minimum Gasteiger partial charge on any atom is -0.481 e. The van der Waals surface area contributed by atoms with Crippen molar-refractivity contribution < 1.29 is 23.1 Å². The molecule has 0 aliphatic carbocycles. The molecule has 28 heavy (non-hydrogen) atoms. The average Bonchev–Trinajstić information content (AvgIpc) is 2.63. The summed E-state index contributed by atoms with van der Waals surface area (Å²) < 4.78 is 39.8. The summed E-state index contributed by atoms with van der Waals surface area (Å²) in [5.74, 6) is -1.30. The number of rotatable bonds is 4. The van der Waals surface area contributed by atoms with E-state index in [0.29, 0.717) is 42.1 Å². The molecule has 1 atom stereocenters. The Balaban J connectivity index is 2.04. The monoisotopic (exact) mass is 431 g/mol. The van der Waals surface area contributed by atoms with Crippen LogP contribution in [-0.2, 0) is 11.0 Å². The Morgan fingerprint density at radius 2 is 1.79 bits per heavy atom. The summed E-state index contributed by atoms with van der Waals surface area (Å²) in [7, 11) is 0. The van der Waals surface area contributed by atoms with Crippen LogP contribution in [0.1, 0.15) is 35.6 Å². The molecule has 8 heteroatoms. The van der Waals surface area contributed by atoms with Crippen LogP contribution in [0.5, 0.6) is 0 Å². The smallest absolute Gasteiger partial charge is 0.416 e. The molecule has 1 unspecified atom stereocenters. The molecular formula is C20H18Cl2F3NO2. The highest BCUT2D eigenvalue weighted by Crippen LogP contribution is 2.40. The number of carboxylic acid groups (broad SMARTS) is 1. The van der Waals surface area contributed by atoms with Crippen molar-refractivity contribution in [2.45, 2.75) is 25.1 Å². The molecule has 0 radical (unpaired) electrons. The number of hydrogen-bond donors (Lipinski definition) is 1. The highest BCUT2D eigenvalue weighted by Gasteiger charge is 2.35. The van der Waals surface area contributed by atoms with E-state index < -0.39 is 29.7 Å². The van der Waals surface area contributed by atoms with Crippen LogP contribution in [0.4, 0.5) is 13.2 Å². The van der Waals surface area contributed by atoms with Crippen molar-refractivity contribution in [1.29, 1.82) is 0 Å². The van der Waals surface area contributed by atoms with Crippen molar-refractivity contribution in [2.24, 2.45) is 5.92 Å². The van der Waals surface area contributed by atoms with E-state index in [1.54, 1.807) is 24.3 Å². The van der Waals surface area contributed by atoms with Crippen LogP contribution in [-0.4, -0.2) is 29.1 Å².